The van der Waals surface area contributed by atoms with E-state index in [9.17, 15) is 9.18 Å². The predicted molar refractivity (Wildman–Crippen MR) is 92.6 cm³/mol. The molecule has 8 heteroatoms. The summed E-state index contributed by atoms with van der Waals surface area (Å²) in [5.74, 6) is -0.577. The molecule has 0 aliphatic carbocycles. The van der Waals surface area contributed by atoms with Crippen LogP contribution in [0, 0.1) is 5.82 Å². The first-order valence-corrected chi connectivity index (χ1v) is 8.71. The molecule has 0 unspecified atom stereocenters. The van der Waals surface area contributed by atoms with Crippen molar-refractivity contribution in [3.63, 3.8) is 0 Å². The highest BCUT2D eigenvalue weighted by Gasteiger charge is 2.22. The largest absolute Gasteiger partial charge is 0.329 e. The average Bonchev–Trinajstić information content (AvgIpc) is 2.72. The van der Waals surface area contributed by atoms with Crippen LogP contribution in [-0.2, 0) is 13.1 Å². The second kappa shape index (κ2) is 6.98. The number of hydrogen-bond donors (Lipinski definition) is 1. The van der Waals surface area contributed by atoms with Crippen molar-refractivity contribution in [2.45, 2.75) is 26.9 Å². The maximum Gasteiger partial charge on any atom is 0.276 e. The maximum atomic E-state index is 14.3. The molecule has 4 nitrogen and oxygen atoms in total. The van der Waals surface area contributed by atoms with Gasteiger partial charge in [0, 0.05) is 24.9 Å². The fourth-order valence-electron chi connectivity index (χ4n) is 2.34. The quantitative estimate of drug-likeness (QED) is 0.795. The van der Waals surface area contributed by atoms with Crippen molar-refractivity contribution < 1.29 is 4.39 Å². The van der Waals surface area contributed by atoms with Gasteiger partial charge >= 0.3 is 0 Å². The third kappa shape index (κ3) is 2.87. The monoisotopic (exact) mass is 363 g/mol. The number of rotatable bonds is 5. The van der Waals surface area contributed by atoms with Crippen molar-refractivity contribution >= 4 is 40.8 Å². The van der Waals surface area contributed by atoms with Gasteiger partial charge in [0.15, 0.2) is 0 Å². The number of aromatic nitrogens is 2. The van der Waals surface area contributed by atoms with E-state index in [0.717, 1.165) is 0 Å². The SMILES string of the molecule is CCn1c(Cl)c(-c2cc(NSC)c(Cl)cc2F)c(=O)n1CC. The lowest BCUT2D eigenvalue weighted by molar-refractivity contribution is 0.477. The fourth-order valence-corrected chi connectivity index (χ4v) is 3.38. The summed E-state index contributed by atoms with van der Waals surface area (Å²) >= 11 is 13.6. The molecule has 22 heavy (non-hydrogen) atoms. The minimum atomic E-state index is -0.577. The van der Waals surface area contributed by atoms with E-state index >= 15 is 0 Å². The second-order valence-electron chi connectivity index (χ2n) is 4.52. The standard InChI is InChI=1S/C14H16Cl2FN3OS/c1-4-19-13(16)12(14(21)20(19)5-2)8-6-11(18-22-3)9(15)7-10(8)17/h6-7,18H,4-5H2,1-3H3. The third-order valence-electron chi connectivity index (χ3n) is 3.31. The lowest BCUT2D eigenvalue weighted by Gasteiger charge is -2.09. The van der Waals surface area contributed by atoms with Crippen LogP contribution in [0.2, 0.25) is 10.2 Å². The van der Waals surface area contributed by atoms with E-state index in [-0.39, 0.29) is 26.9 Å². The molecular weight excluding hydrogens is 348 g/mol. The molecule has 0 spiro atoms. The molecule has 1 N–H and O–H groups in total. The van der Waals surface area contributed by atoms with Gasteiger partial charge in [0.05, 0.1) is 16.3 Å². The molecule has 2 aromatic rings. The highest BCUT2D eigenvalue weighted by Crippen LogP contribution is 2.34. The number of anilines is 1. The van der Waals surface area contributed by atoms with Crippen LogP contribution < -0.4 is 10.3 Å². The molecule has 0 bridgehead atoms. The van der Waals surface area contributed by atoms with Gasteiger partial charge in [0.1, 0.15) is 11.0 Å². The number of benzene rings is 1. The zero-order valence-corrected chi connectivity index (χ0v) is 14.7. The lowest BCUT2D eigenvalue weighted by Crippen LogP contribution is -2.22. The Balaban J connectivity index is 2.74. The van der Waals surface area contributed by atoms with Gasteiger partial charge in [-0.2, -0.15) is 0 Å². The van der Waals surface area contributed by atoms with E-state index in [1.807, 2.05) is 20.1 Å². The first-order chi connectivity index (χ1) is 10.5. The Morgan fingerprint density at radius 2 is 1.86 bits per heavy atom. The topological polar surface area (TPSA) is 39.0 Å². The van der Waals surface area contributed by atoms with Gasteiger partial charge in [-0.15, -0.1) is 0 Å². The summed E-state index contributed by atoms with van der Waals surface area (Å²) in [6.45, 7) is 4.69. The van der Waals surface area contributed by atoms with Crippen molar-refractivity contribution in [2.24, 2.45) is 0 Å². The Hall–Kier alpha value is -1.11. The van der Waals surface area contributed by atoms with Crippen LogP contribution in [0.4, 0.5) is 10.1 Å². The second-order valence-corrected chi connectivity index (χ2v) is 5.90. The molecule has 0 aliphatic rings. The molecule has 0 radical (unpaired) electrons. The zero-order valence-electron chi connectivity index (χ0n) is 12.4. The molecule has 0 aliphatic heterocycles. The highest BCUT2D eigenvalue weighted by molar-refractivity contribution is 7.99. The Kier molecular flexibility index (Phi) is 5.47. The molecule has 0 saturated carbocycles. The molecule has 1 aromatic heterocycles. The van der Waals surface area contributed by atoms with Crippen LogP contribution in [0.5, 0.6) is 0 Å². The van der Waals surface area contributed by atoms with Crippen molar-refractivity contribution in [3.8, 4) is 11.1 Å². The van der Waals surface area contributed by atoms with Gasteiger partial charge in [-0.1, -0.05) is 35.1 Å². The number of nitrogens with one attached hydrogen (secondary N) is 1. The third-order valence-corrected chi connectivity index (χ3v) is 4.43. The first-order valence-electron chi connectivity index (χ1n) is 6.73. The van der Waals surface area contributed by atoms with Crippen LogP contribution in [0.1, 0.15) is 13.8 Å². The van der Waals surface area contributed by atoms with Crippen molar-refractivity contribution in [2.75, 3.05) is 11.0 Å². The smallest absolute Gasteiger partial charge is 0.276 e. The number of nitrogens with zero attached hydrogens (tertiary/aromatic N) is 2. The Morgan fingerprint density at radius 3 is 2.36 bits per heavy atom. The minimum Gasteiger partial charge on any atom is -0.329 e. The molecule has 0 amide bonds. The number of halogens is 3. The van der Waals surface area contributed by atoms with E-state index in [1.165, 1.54) is 28.8 Å². The minimum absolute atomic E-state index is 0.144. The summed E-state index contributed by atoms with van der Waals surface area (Å²) in [5, 5.41) is 0.475. The van der Waals surface area contributed by atoms with E-state index < -0.39 is 5.82 Å². The van der Waals surface area contributed by atoms with Gasteiger partial charge in [0.2, 0.25) is 0 Å². The Labute approximate surface area is 142 Å². The normalized spacial score (nSPS) is 11.0. The Morgan fingerprint density at radius 1 is 1.23 bits per heavy atom. The van der Waals surface area contributed by atoms with Crippen LogP contribution in [0.15, 0.2) is 16.9 Å². The highest BCUT2D eigenvalue weighted by atomic mass is 35.5. The van der Waals surface area contributed by atoms with Gasteiger partial charge in [-0.25, -0.2) is 9.07 Å². The van der Waals surface area contributed by atoms with Gasteiger partial charge in [-0.3, -0.25) is 9.48 Å². The summed E-state index contributed by atoms with van der Waals surface area (Å²) in [4.78, 5) is 12.5. The molecule has 0 fully saturated rings. The maximum absolute atomic E-state index is 14.3. The van der Waals surface area contributed by atoms with Crippen molar-refractivity contribution in [1.82, 2.24) is 9.36 Å². The summed E-state index contributed by atoms with van der Waals surface area (Å²) < 4.78 is 20.4. The summed E-state index contributed by atoms with van der Waals surface area (Å²) in [6, 6.07) is 2.70. The predicted octanol–water partition coefficient (Wildman–Crippen LogP) is 4.49. The summed E-state index contributed by atoms with van der Waals surface area (Å²) in [7, 11) is 0. The summed E-state index contributed by atoms with van der Waals surface area (Å²) in [5.41, 5.74) is 0.521. The van der Waals surface area contributed by atoms with Crippen LogP contribution in [0.3, 0.4) is 0 Å². The number of hydrogen-bond acceptors (Lipinski definition) is 3. The molecule has 2 rings (SSSR count). The Bertz CT molecular complexity index is 758. The van der Waals surface area contributed by atoms with Crippen molar-refractivity contribution in [1.29, 1.82) is 0 Å². The van der Waals surface area contributed by atoms with E-state index in [0.29, 0.717) is 18.8 Å². The summed E-state index contributed by atoms with van der Waals surface area (Å²) in [6.07, 6.45) is 1.82. The average molecular weight is 364 g/mol. The lowest BCUT2D eigenvalue weighted by atomic mass is 10.1. The van der Waals surface area contributed by atoms with Gasteiger partial charge < -0.3 is 4.72 Å². The molecule has 0 atom stereocenters. The molecule has 120 valence electrons. The molecule has 1 aromatic carbocycles. The van der Waals surface area contributed by atoms with Crippen LogP contribution in [0.25, 0.3) is 11.1 Å². The van der Waals surface area contributed by atoms with Gasteiger partial charge in [-0.05, 0) is 26.0 Å². The molecule has 0 saturated heterocycles. The molecular formula is C14H16Cl2FN3OS. The van der Waals surface area contributed by atoms with Crippen LogP contribution >= 0.6 is 35.1 Å². The van der Waals surface area contributed by atoms with Gasteiger partial charge in [0.25, 0.3) is 5.56 Å². The fraction of sp³-hybridized carbons (Fsp3) is 0.357. The zero-order chi connectivity index (χ0) is 16.4. The van der Waals surface area contributed by atoms with Crippen LogP contribution in [-0.4, -0.2) is 15.6 Å². The van der Waals surface area contributed by atoms with E-state index in [4.69, 9.17) is 23.2 Å². The molecule has 1 heterocycles. The van der Waals surface area contributed by atoms with E-state index in [2.05, 4.69) is 4.72 Å². The van der Waals surface area contributed by atoms with E-state index in [1.54, 1.807) is 4.68 Å². The first kappa shape index (κ1) is 17.2. The van der Waals surface area contributed by atoms with Crippen molar-refractivity contribution in [3.05, 3.63) is 38.5 Å².